The van der Waals surface area contributed by atoms with Crippen molar-refractivity contribution in [3.8, 4) is 5.75 Å². The molecule has 1 aliphatic rings. The summed E-state index contributed by atoms with van der Waals surface area (Å²) in [6.07, 6.45) is -0.397. The fourth-order valence-corrected chi connectivity index (χ4v) is 6.04. The minimum Gasteiger partial charge on any atom is -0.488 e. The number of ether oxygens (including phenoxy) is 1. The molecule has 0 unspecified atom stereocenters. The molecule has 3 aromatic carbocycles. The molecule has 0 aliphatic carbocycles. The number of fused-ring (bicyclic) bond motifs is 1. The molecule has 0 saturated heterocycles. The highest BCUT2D eigenvalue weighted by Crippen LogP contribution is 2.30. The molecule has 2 amide bonds. The Morgan fingerprint density at radius 2 is 1.76 bits per heavy atom. The number of aliphatic hydroxyl groups is 1. The van der Waals surface area contributed by atoms with Crippen LogP contribution in [0.3, 0.4) is 0 Å². The number of hydrogen-bond acceptors (Lipinski definition) is 6. The Balaban J connectivity index is 1.62. The van der Waals surface area contributed by atoms with Gasteiger partial charge in [0.15, 0.2) is 0 Å². The van der Waals surface area contributed by atoms with E-state index in [9.17, 15) is 23.1 Å². The number of benzene rings is 3. The van der Waals surface area contributed by atoms with Crippen LogP contribution in [0.25, 0.3) is 0 Å². The number of sulfonamides is 1. The number of nitrogens with zero attached hydrogens (tertiary/aromatic N) is 2. The molecule has 10 heteroatoms. The van der Waals surface area contributed by atoms with Crippen LogP contribution in [-0.2, 0) is 32.5 Å². The van der Waals surface area contributed by atoms with Crippen LogP contribution in [0.1, 0.15) is 25.0 Å². The zero-order chi connectivity index (χ0) is 29.6. The zero-order valence-electron chi connectivity index (χ0n) is 23.6. The van der Waals surface area contributed by atoms with Gasteiger partial charge in [0.05, 0.1) is 36.9 Å². The Bertz CT molecular complexity index is 1450. The van der Waals surface area contributed by atoms with Crippen LogP contribution >= 0.6 is 0 Å². The van der Waals surface area contributed by atoms with Gasteiger partial charge in [0.1, 0.15) is 11.9 Å². The van der Waals surface area contributed by atoms with Gasteiger partial charge < -0.3 is 20.1 Å². The summed E-state index contributed by atoms with van der Waals surface area (Å²) in [5.41, 5.74) is 1.97. The second kappa shape index (κ2) is 13.3. The summed E-state index contributed by atoms with van der Waals surface area (Å²) in [5, 5.41) is 12.8. The van der Waals surface area contributed by atoms with E-state index in [1.54, 1.807) is 60.4 Å². The monoisotopic (exact) mass is 579 g/mol. The topological polar surface area (TPSA) is 116 Å². The first kappa shape index (κ1) is 30.2. The van der Waals surface area contributed by atoms with Crippen molar-refractivity contribution in [2.45, 2.75) is 43.7 Å². The smallest absolute Gasteiger partial charge is 0.242 e. The van der Waals surface area contributed by atoms with Crippen LogP contribution in [0.4, 0.5) is 5.69 Å². The molecule has 0 saturated carbocycles. The highest BCUT2D eigenvalue weighted by atomic mass is 32.2. The van der Waals surface area contributed by atoms with Gasteiger partial charge in [-0.25, -0.2) is 8.42 Å². The number of nitrogens with one attached hydrogen (secondary N) is 1. The van der Waals surface area contributed by atoms with Gasteiger partial charge in [-0.2, -0.15) is 4.31 Å². The Morgan fingerprint density at radius 1 is 1.10 bits per heavy atom. The van der Waals surface area contributed by atoms with Crippen molar-refractivity contribution in [2.75, 3.05) is 32.1 Å². The van der Waals surface area contributed by atoms with Gasteiger partial charge in [0, 0.05) is 30.8 Å². The lowest BCUT2D eigenvalue weighted by Crippen LogP contribution is -2.48. The maximum Gasteiger partial charge on any atom is 0.242 e. The summed E-state index contributed by atoms with van der Waals surface area (Å²) >= 11 is 0. The summed E-state index contributed by atoms with van der Waals surface area (Å²) in [4.78, 5) is 27.9. The third kappa shape index (κ3) is 7.52. The molecule has 0 aromatic heterocycles. The average Bonchev–Trinajstić information content (AvgIpc) is 3.01. The minimum atomic E-state index is -3.78. The largest absolute Gasteiger partial charge is 0.488 e. The molecule has 3 aromatic rings. The Morgan fingerprint density at radius 3 is 2.41 bits per heavy atom. The molecule has 3 atom stereocenters. The van der Waals surface area contributed by atoms with Crippen LogP contribution in [0, 0.1) is 5.92 Å². The fourth-order valence-electron chi connectivity index (χ4n) is 4.84. The van der Waals surface area contributed by atoms with Crippen LogP contribution in [0.2, 0.25) is 0 Å². The molecule has 1 heterocycles. The van der Waals surface area contributed by atoms with E-state index in [0.717, 1.165) is 5.56 Å². The van der Waals surface area contributed by atoms with E-state index in [1.165, 1.54) is 11.4 Å². The number of rotatable bonds is 9. The molecule has 4 rings (SSSR count). The molecule has 2 N–H and O–H groups in total. The van der Waals surface area contributed by atoms with E-state index < -0.39 is 22.2 Å². The van der Waals surface area contributed by atoms with Crippen molar-refractivity contribution < 1.29 is 27.9 Å². The number of aliphatic hydroxyl groups excluding tert-OH is 1. The predicted molar refractivity (Wildman–Crippen MR) is 157 cm³/mol. The van der Waals surface area contributed by atoms with Gasteiger partial charge in [-0.3, -0.25) is 9.59 Å². The molecule has 0 spiro atoms. The lowest BCUT2D eigenvalue weighted by molar-refractivity contribution is -0.134. The first-order chi connectivity index (χ1) is 19.6. The average molecular weight is 580 g/mol. The summed E-state index contributed by atoms with van der Waals surface area (Å²) in [7, 11) is -2.26. The van der Waals surface area contributed by atoms with Gasteiger partial charge in [0.2, 0.25) is 21.8 Å². The summed E-state index contributed by atoms with van der Waals surface area (Å²) in [6, 6.07) is 22.3. The molecule has 41 heavy (non-hydrogen) atoms. The van der Waals surface area contributed by atoms with E-state index in [4.69, 9.17) is 4.74 Å². The number of amides is 2. The van der Waals surface area contributed by atoms with Crippen LogP contribution in [-0.4, -0.2) is 73.4 Å². The number of hydrogen-bond donors (Lipinski definition) is 2. The van der Waals surface area contributed by atoms with E-state index in [2.05, 4.69) is 5.32 Å². The predicted octanol–water partition coefficient (Wildman–Crippen LogP) is 3.34. The third-order valence-electron chi connectivity index (χ3n) is 7.30. The van der Waals surface area contributed by atoms with Gasteiger partial charge in [0.25, 0.3) is 0 Å². The SMILES string of the molecule is C[C@@H]1CN([C@H](C)CO)C(=O)Cc2cc(NC(=O)Cc3ccccc3)ccc2O[C@@H]1CN(C)S(=O)(=O)c1ccccc1. The molecular weight excluding hydrogens is 542 g/mol. The molecule has 218 valence electrons. The highest BCUT2D eigenvalue weighted by Gasteiger charge is 2.33. The molecule has 0 fully saturated rings. The van der Waals surface area contributed by atoms with Gasteiger partial charge >= 0.3 is 0 Å². The third-order valence-corrected chi connectivity index (χ3v) is 9.13. The number of carbonyl (C=O) groups excluding carboxylic acids is 2. The molecule has 0 bridgehead atoms. The van der Waals surface area contributed by atoms with Crippen LogP contribution in [0.15, 0.2) is 83.8 Å². The molecular formula is C31H37N3O6S. The molecule has 1 aliphatic heterocycles. The zero-order valence-corrected chi connectivity index (χ0v) is 24.4. The lowest BCUT2D eigenvalue weighted by Gasteiger charge is -2.33. The Hall–Kier alpha value is -3.73. The van der Waals surface area contributed by atoms with Gasteiger partial charge in [-0.15, -0.1) is 0 Å². The first-order valence-corrected chi connectivity index (χ1v) is 15.1. The number of likely N-dealkylation sites (N-methyl/N-ethyl adjacent to an activating group) is 1. The van der Waals surface area contributed by atoms with Crippen molar-refractivity contribution >= 4 is 27.5 Å². The van der Waals surface area contributed by atoms with Crippen molar-refractivity contribution in [3.63, 3.8) is 0 Å². The highest BCUT2D eigenvalue weighted by molar-refractivity contribution is 7.89. The van der Waals surface area contributed by atoms with E-state index in [-0.39, 0.29) is 55.2 Å². The van der Waals surface area contributed by atoms with Crippen molar-refractivity contribution in [3.05, 3.63) is 90.0 Å². The summed E-state index contributed by atoms with van der Waals surface area (Å²) < 4.78 is 34.2. The van der Waals surface area contributed by atoms with E-state index >= 15 is 0 Å². The number of carbonyl (C=O) groups is 2. The Labute approximate surface area is 241 Å². The lowest BCUT2D eigenvalue weighted by atomic mass is 10.0. The summed E-state index contributed by atoms with van der Waals surface area (Å²) in [5.74, 6) is -0.207. The van der Waals surface area contributed by atoms with Crippen molar-refractivity contribution in [2.24, 2.45) is 5.92 Å². The maximum atomic E-state index is 13.4. The minimum absolute atomic E-state index is 0.000335. The van der Waals surface area contributed by atoms with Crippen LogP contribution in [0.5, 0.6) is 5.75 Å². The van der Waals surface area contributed by atoms with E-state index in [1.807, 2.05) is 37.3 Å². The number of anilines is 1. The van der Waals surface area contributed by atoms with Crippen molar-refractivity contribution in [1.82, 2.24) is 9.21 Å². The van der Waals surface area contributed by atoms with Crippen molar-refractivity contribution in [1.29, 1.82) is 0 Å². The first-order valence-electron chi connectivity index (χ1n) is 13.6. The molecule has 9 nitrogen and oxygen atoms in total. The quantitative estimate of drug-likeness (QED) is 0.402. The fraction of sp³-hybridized carbons (Fsp3) is 0.355. The van der Waals surface area contributed by atoms with E-state index in [0.29, 0.717) is 17.0 Å². The van der Waals surface area contributed by atoms with Crippen LogP contribution < -0.4 is 10.1 Å². The Kier molecular flexibility index (Phi) is 9.80. The summed E-state index contributed by atoms with van der Waals surface area (Å²) in [6.45, 7) is 3.78. The second-order valence-corrected chi connectivity index (χ2v) is 12.6. The van der Waals surface area contributed by atoms with Gasteiger partial charge in [-0.1, -0.05) is 55.5 Å². The maximum absolute atomic E-state index is 13.4. The normalized spacial score (nSPS) is 18.5. The molecule has 0 radical (unpaired) electrons. The van der Waals surface area contributed by atoms with Gasteiger partial charge in [-0.05, 0) is 42.8 Å². The second-order valence-electron chi connectivity index (χ2n) is 10.5. The standard InChI is InChI=1S/C31H37N3O6S/c1-22-19-34(23(2)21-35)31(37)18-25-17-26(32-30(36)16-24-10-6-4-7-11-24)14-15-28(25)40-29(22)20-33(3)41(38,39)27-12-8-5-9-13-27/h4-15,17,22-23,29,35H,16,18-21H2,1-3H3,(H,32,36)/t22-,23-,29-/m1/s1.